The zero-order valence-electron chi connectivity index (χ0n) is 21.6. The van der Waals surface area contributed by atoms with Crippen molar-refractivity contribution in [1.29, 1.82) is 0 Å². The molecular formula is C29H44F2O3VY-2. The number of unbranched alkanes of at least 4 members (excludes halogenated alkanes) is 1. The topological polar surface area (TPSA) is 38.7 Å². The van der Waals surface area contributed by atoms with Crippen LogP contribution < -0.4 is 9.47 Å². The molecule has 1 N–H and O–H groups in total. The van der Waals surface area contributed by atoms with Gasteiger partial charge < -0.3 is 28.4 Å². The molecule has 1 aromatic rings. The monoisotopic (exact) mass is 618 g/mol. The van der Waals surface area contributed by atoms with Crippen LogP contribution in [-0.2, 0) is 51.3 Å². The van der Waals surface area contributed by atoms with Gasteiger partial charge in [-0.2, -0.15) is 14.9 Å². The summed E-state index contributed by atoms with van der Waals surface area (Å²) in [5.74, 6) is 0.806. The fraction of sp³-hybridized carbons (Fsp3) is 0.552. The maximum atomic E-state index is 14.4. The molecule has 0 spiro atoms. The van der Waals surface area contributed by atoms with Crippen LogP contribution in [0.5, 0.6) is 11.5 Å². The molecule has 0 amide bonds. The molecule has 0 heterocycles. The van der Waals surface area contributed by atoms with Crippen molar-refractivity contribution in [3.63, 3.8) is 0 Å². The number of halogens is 2. The van der Waals surface area contributed by atoms with Crippen LogP contribution in [0.25, 0.3) is 0 Å². The van der Waals surface area contributed by atoms with Gasteiger partial charge in [-0.15, -0.1) is 13.2 Å². The summed E-state index contributed by atoms with van der Waals surface area (Å²) in [7, 11) is 0. The van der Waals surface area contributed by atoms with Gasteiger partial charge in [-0.05, 0) is 100 Å². The summed E-state index contributed by atoms with van der Waals surface area (Å²) < 4.78 is 39.6. The Balaban J connectivity index is -0.000000690. The van der Waals surface area contributed by atoms with Gasteiger partial charge in [0.2, 0.25) is 11.6 Å². The Kier molecular flexibility index (Phi) is 22.0. The van der Waals surface area contributed by atoms with E-state index in [0.717, 1.165) is 43.6 Å². The van der Waals surface area contributed by atoms with Gasteiger partial charge in [0, 0.05) is 54.1 Å². The molecule has 0 unspecified atom stereocenters. The summed E-state index contributed by atoms with van der Waals surface area (Å²) in [6, 6.07) is 2.93. The van der Waals surface area contributed by atoms with E-state index in [4.69, 9.17) is 21.0 Å². The minimum Gasteiger partial charge on any atom is -0.648 e. The predicted octanol–water partition coefficient (Wildman–Crippen LogP) is 8.33. The normalized spacial score (nSPS) is 22.5. The Morgan fingerprint density at radius 2 is 1.44 bits per heavy atom. The standard InChI is InChI=1S/C26H36F2O2.C2HO.CH3.V.Y.2H2/c1-3-5-6-17-29-23-15-16-24(26(28)25(23)27)30-18-20-9-13-22(14-10-20)21-11-7-19(4-2)8-12-21;1-2-3;;;;;/h3-4,15-16,19-22H,1-2,5-14,17-18H2;3H;1H3;;;2*1H/q;2*-1;;;;. The number of aliphatic hydroxyl groups excluding tert-OH is 1. The Morgan fingerprint density at radius 3 is 1.92 bits per heavy atom. The van der Waals surface area contributed by atoms with Gasteiger partial charge >= 0.3 is 0 Å². The maximum Gasteiger partial charge on any atom is 0.204 e. The van der Waals surface area contributed by atoms with Crippen molar-refractivity contribution in [2.75, 3.05) is 13.2 Å². The molecule has 2 fully saturated rings. The van der Waals surface area contributed by atoms with E-state index in [9.17, 15) is 8.78 Å². The van der Waals surface area contributed by atoms with Gasteiger partial charge in [0.15, 0.2) is 11.5 Å². The molecule has 2 aliphatic rings. The van der Waals surface area contributed by atoms with Crippen LogP contribution in [0.15, 0.2) is 37.4 Å². The van der Waals surface area contributed by atoms with Crippen molar-refractivity contribution in [1.82, 2.24) is 0 Å². The van der Waals surface area contributed by atoms with Gasteiger partial charge in [0.05, 0.1) is 13.2 Å². The van der Waals surface area contributed by atoms with Gasteiger partial charge in [0.1, 0.15) is 0 Å². The summed E-state index contributed by atoms with van der Waals surface area (Å²) in [5.41, 5.74) is 0. The number of aliphatic hydroxyl groups is 1. The van der Waals surface area contributed by atoms with E-state index in [1.807, 2.05) is 0 Å². The summed E-state index contributed by atoms with van der Waals surface area (Å²) >= 11 is 0. The Labute approximate surface area is 257 Å². The zero-order chi connectivity index (χ0) is 24.1. The predicted molar refractivity (Wildman–Crippen MR) is 138 cm³/mol. The van der Waals surface area contributed by atoms with Crippen molar-refractivity contribution in [3.8, 4) is 17.6 Å². The van der Waals surface area contributed by atoms with Crippen LogP contribution in [0.3, 0.4) is 0 Å². The van der Waals surface area contributed by atoms with E-state index in [-0.39, 0.29) is 73.0 Å². The van der Waals surface area contributed by atoms with Crippen molar-refractivity contribution in [2.24, 2.45) is 23.7 Å². The third kappa shape index (κ3) is 12.2. The molecule has 0 aromatic heterocycles. The van der Waals surface area contributed by atoms with Gasteiger partial charge in [0.25, 0.3) is 0 Å². The van der Waals surface area contributed by atoms with Crippen LogP contribution in [0.2, 0.25) is 0 Å². The molecule has 202 valence electrons. The molecule has 1 aromatic carbocycles. The second-order valence-corrected chi connectivity index (χ2v) is 9.08. The first kappa shape index (κ1) is 37.4. The van der Waals surface area contributed by atoms with E-state index in [2.05, 4.69) is 19.2 Å². The first-order chi connectivity index (χ1) is 16.0. The fourth-order valence-electron chi connectivity index (χ4n) is 5.03. The fourth-order valence-corrected chi connectivity index (χ4v) is 5.03. The van der Waals surface area contributed by atoms with E-state index in [1.165, 1.54) is 50.7 Å². The van der Waals surface area contributed by atoms with Crippen LogP contribution >= 0.6 is 0 Å². The van der Waals surface area contributed by atoms with Crippen LogP contribution in [-0.4, -0.2) is 18.3 Å². The summed E-state index contributed by atoms with van der Waals surface area (Å²) in [6.45, 7) is 8.36. The third-order valence-corrected chi connectivity index (χ3v) is 7.00. The van der Waals surface area contributed by atoms with Gasteiger partial charge in [-0.25, -0.2) is 0 Å². The molecular weight excluding hydrogens is 574 g/mol. The van der Waals surface area contributed by atoms with Gasteiger partial charge in [-0.1, -0.05) is 12.2 Å². The molecule has 0 saturated heterocycles. The zero-order valence-corrected chi connectivity index (χ0v) is 25.8. The summed E-state index contributed by atoms with van der Waals surface area (Å²) in [6.07, 6.45) is 21.8. The summed E-state index contributed by atoms with van der Waals surface area (Å²) in [4.78, 5) is 0. The van der Waals surface area contributed by atoms with Crippen LogP contribution in [0, 0.1) is 55.3 Å². The Morgan fingerprint density at radius 1 is 0.972 bits per heavy atom. The minimum absolute atomic E-state index is 0. The van der Waals surface area contributed by atoms with Crippen molar-refractivity contribution in [3.05, 3.63) is 62.9 Å². The van der Waals surface area contributed by atoms with E-state index >= 15 is 0 Å². The van der Waals surface area contributed by atoms with E-state index in [0.29, 0.717) is 25.0 Å². The van der Waals surface area contributed by atoms with Crippen molar-refractivity contribution >= 4 is 0 Å². The molecule has 36 heavy (non-hydrogen) atoms. The third-order valence-electron chi connectivity index (χ3n) is 7.00. The van der Waals surface area contributed by atoms with Gasteiger partial charge in [-0.3, -0.25) is 0 Å². The minimum atomic E-state index is -0.968. The average Bonchev–Trinajstić information content (AvgIpc) is 2.85. The number of hydrogen-bond donors (Lipinski definition) is 1. The number of allylic oxidation sites excluding steroid dienone is 2. The Hall–Kier alpha value is -0.792. The molecule has 0 aliphatic heterocycles. The summed E-state index contributed by atoms with van der Waals surface area (Å²) in [5, 5.41) is 6.99. The van der Waals surface area contributed by atoms with Crippen LogP contribution in [0.1, 0.15) is 67.1 Å². The largest absolute Gasteiger partial charge is 0.648 e. The smallest absolute Gasteiger partial charge is 0.204 e. The number of rotatable bonds is 10. The quantitative estimate of drug-likeness (QED) is 0.124. The molecule has 7 heteroatoms. The number of benzene rings is 1. The number of ether oxygens (including phenoxy) is 2. The second-order valence-electron chi connectivity index (χ2n) is 9.08. The van der Waals surface area contributed by atoms with Crippen LogP contribution in [0.4, 0.5) is 8.78 Å². The molecule has 0 bridgehead atoms. The SMILES string of the molecule is C=CCCCOc1ccc(OCC2CCC(C3CCC(C=C)CC3)CC2)c(F)c1F.[C-]#CO.[CH3-].[HH].[HH].[V].[Y]. The van der Waals surface area contributed by atoms with Crippen molar-refractivity contribution < 1.29 is 77.5 Å². The second kappa shape index (κ2) is 21.2. The number of hydrogen-bond acceptors (Lipinski definition) is 3. The van der Waals surface area contributed by atoms with E-state index in [1.54, 1.807) is 6.08 Å². The molecule has 3 rings (SSSR count). The van der Waals surface area contributed by atoms with E-state index < -0.39 is 11.6 Å². The van der Waals surface area contributed by atoms with Crippen molar-refractivity contribution in [2.45, 2.75) is 64.2 Å². The average molecular weight is 619 g/mol. The molecule has 2 radical (unpaired) electrons. The molecule has 2 saturated carbocycles. The Bertz CT molecular complexity index is 795. The maximum absolute atomic E-state index is 14.4. The first-order valence-electron chi connectivity index (χ1n) is 12.1. The molecule has 3 nitrogen and oxygen atoms in total. The molecule has 2 aliphatic carbocycles. The molecule has 0 atom stereocenters. The first-order valence-corrected chi connectivity index (χ1v) is 12.1.